The van der Waals surface area contributed by atoms with E-state index in [1.807, 2.05) is 6.07 Å². The Morgan fingerprint density at radius 1 is 1.04 bits per heavy atom. The summed E-state index contributed by atoms with van der Waals surface area (Å²) in [6.07, 6.45) is 4.15. The minimum Gasteiger partial charge on any atom is -0.465 e. The molecular formula is C19H21NO4S. The van der Waals surface area contributed by atoms with Gasteiger partial charge in [-0.1, -0.05) is 12.1 Å². The molecule has 2 aromatic rings. The van der Waals surface area contributed by atoms with Gasteiger partial charge in [0.25, 0.3) is 10.0 Å². The second-order valence-electron chi connectivity index (χ2n) is 6.26. The van der Waals surface area contributed by atoms with Crippen molar-refractivity contribution in [3.8, 4) is 0 Å². The average molecular weight is 359 g/mol. The molecule has 0 unspecified atom stereocenters. The SMILES string of the molecule is COC(=O)c1ccc(C)c(NS(=O)(=O)c2ccc3c(c2)CCCC3)c1. The number of anilines is 1. The third-order valence-electron chi connectivity index (χ3n) is 4.53. The van der Waals surface area contributed by atoms with E-state index in [4.69, 9.17) is 4.74 Å². The summed E-state index contributed by atoms with van der Waals surface area (Å²) in [4.78, 5) is 11.9. The Balaban J connectivity index is 1.93. The highest BCUT2D eigenvalue weighted by atomic mass is 32.2. The molecule has 1 aliphatic carbocycles. The van der Waals surface area contributed by atoms with Crippen LogP contribution in [0.15, 0.2) is 41.3 Å². The van der Waals surface area contributed by atoms with Gasteiger partial charge >= 0.3 is 5.97 Å². The van der Waals surface area contributed by atoms with E-state index >= 15 is 0 Å². The van der Waals surface area contributed by atoms with Crippen molar-refractivity contribution in [2.45, 2.75) is 37.5 Å². The lowest BCUT2D eigenvalue weighted by atomic mass is 9.92. The number of methoxy groups -OCH3 is 1. The van der Waals surface area contributed by atoms with E-state index in [9.17, 15) is 13.2 Å². The summed E-state index contributed by atoms with van der Waals surface area (Å²) >= 11 is 0. The lowest BCUT2D eigenvalue weighted by molar-refractivity contribution is 0.0601. The molecule has 25 heavy (non-hydrogen) atoms. The lowest BCUT2D eigenvalue weighted by Crippen LogP contribution is -2.15. The molecule has 1 aliphatic rings. The Morgan fingerprint density at radius 2 is 1.76 bits per heavy atom. The van der Waals surface area contributed by atoms with Gasteiger partial charge in [0, 0.05) is 0 Å². The highest BCUT2D eigenvalue weighted by molar-refractivity contribution is 7.92. The number of fused-ring (bicyclic) bond motifs is 1. The van der Waals surface area contributed by atoms with Gasteiger partial charge in [-0.05, 0) is 73.6 Å². The number of hydrogen-bond donors (Lipinski definition) is 1. The van der Waals surface area contributed by atoms with Crippen LogP contribution in [0.4, 0.5) is 5.69 Å². The van der Waals surface area contributed by atoms with Crippen LogP contribution >= 0.6 is 0 Å². The second kappa shape index (κ2) is 6.88. The van der Waals surface area contributed by atoms with E-state index < -0.39 is 16.0 Å². The van der Waals surface area contributed by atoms with E-state index in [1.165, 1.54) is 18.7 Å². The number of aryl methyl sites for hydroxylation is 3. The van der Waals surface area contributed by atoms with Gasteiger partial charge < -0.3 is 4.74 Å². The number of benzene rings is 2. The highest BCUT2D eigenvalue weighted by Gasteiger charge is 2.19. The number of sulfonamides is 1. The van der Waals surface area contributed by atoms with Crippen LogP contribution in [0, 0.1) is 6.92 Å². The minimum atomic E-state index is -3.72. The van der Waals surface area contributed by atoms with Crippen molar-refractivity contribution in [2.75, 3.05) is 11.8 Å². The van der Waals surface area contributed by atoms with Crippen molar-refractivity contribution in [2.24, 2.45) is 0 Å². The van der Waals surface area contributed by atoms with Crippen LogP contribution in [-0.4, -0.2) is 21.5 Å². The molecule has 0 bridgehead atoms. The van der Waals surface area contributed by atoms with Gasteiger partial charge in [0.15, 0.2) is 0 Å². The molecule has 6 heteroatoms. The first-order valence-corrected chi connectivity index (χ1v) is 9.72. The van der Waals surface area contributed by atoms with E-state index in [-0.39, 0.29) is 4.90 Å². The first-order valence-electron chi connectivity index (χ1n) is 8.24. The van der Waals surface area contributed by atoms with Crippen molar-refractivity contribution in [1.82, 2.24) is 0 Å². The van der Waals surface area contributed by atoms with Crippen LogP contribution < -0.4 is 4.72 Å². The van der Waals surface area contributed by atoms with Crippen LogP contribution in [0.1, 0.15) is 39.9 Å². The first-order chi connectivity index (χ1) is 11.9. The topological polar surface area (TPSA) is 72.5 Å². The minimum absolute atomic E-state index is 0.246. The summed E-state index contributed by atoms with van der Waals surface area (Å²) in [5.41, 5.74) is 3.74. The van der Waals surface area contributed by atoms with Gasteiger partial charge in [0.05, 0.1) is 23.3 Å². The Hall–Kier alpha value is -2.34. The van der Waals surface area contributed by atoms with E-state index in [0.717, 1.165) is 36.8 Å². The van der Waals surface area contributed by atoms with Gasteiger partial charge in [-0.3, -0.25) is 4.72 Å². The zero-order chi connectivity index (χ0) is 18.0. The molecular weight excluding hydrogens is 338 g/mol. The van der Waals surface area contributed by atoms with Crippen molar-refractivity contribution < 1.29 is 17.9 Å². The van der Waals surface area contributed by atoms with Crippen LogP contribution in [0.2, 0.25) is 0 Å². The van der Waals surface area contributed by atoms with Crippen LogP contribution in [0.25, 0.3) is 0 Å². The summed E-state index contributed by atoms with van der Waals surface area (Å²) in [5, 5.41) is 0. The van der Waals surface area contributed by atoms with Gasteiger partial charge in [-0.2, -0.15) is 0 Å². The zero-order valence-electron chi connectivity index (χ0n) is 14.3. The van der Waals surface area contributed by atoms with Crippen LogP contribution in [0.5, 0.6) is 0 Å². The maximum Gasteiger partial charge on any atom is 0.337 e. The van der Waals surface area contributed by atoms with E-state index in [2.05, 4.69) is 4.72 Å². The number of rotatable bonds is 4. The monoisotopic (exact) mass is 359 g/mol. The van der Waals surface area contributed by atoms with Crippen LogP contribution in [0.3, 0.4) is 0 Å². The summed E-state index contributed by atoms with van der Waals surface area (Å²) in [5.74, 6) is -0.505. The van der Waals surface area contributed by atoms with Gasteiger partial charge in [0.1, 0.15) is 0 Å². The molecule has 0 saturated carbocycles. The number of hydrogen-bond acceptors (Lipinski definition) is 4. The number of carbonyl (C=O) groups excluding carboxylic acids is 1. The molecule has 0 spiro atoms. The molecule has 0 fully saturated rings. The molecule has 0 aromatic heterocycles. The Labute approximate surface area is 148 Å². The maximum atomic E-state index is 12.8. The Kier molecular flexibility index (Phi) is 4.81. The van der Waals surface area contributed by atoms with Crippen molar-refractivity contribution in [1.29, 1.82) is 0 Å². The summed E-state index contributed by atoms with van der Waals surface area (Å²) in [6.45, 7) is 1.78. The fourth-order valence-corrected chi connectivity index (χ4v) is 4.23. The standard InChI is InChI=1S/C19H21NO4S/c1-13-7-8-16(19(21)24-2)12-18(13)20-25(22,23)17-10-9-14-5-3-4-6-15(14)11-17/h7-12,20H,3-6H2,1-2H3. The Bertz CT molecular complexity index is 919. The third kappa shape index (κ3) is 3.69. The molecule has 0 amide bonds. The third-order valence-corrected chi connectivity index (χ3v) is 5.90. The molecule has 3 rings (SSSR count). The number of ether oxygens (including phenoxy) is 1. The van der Waals surface area contributed by atoms with E-state index in [1.54, 1.807) is 31.2 Å². The number of esters is 1. The van der Waals surface area contributed by atoms with Crippen molar-refractivity contribution >= 4 is 21.7 Å². The molecule has 0 heterocycles. The number of carbonyl (C=O) groups is 1. The predicted octanol–water partition coefficient (Wildman–Crippen LogP) is 3.46. The molecule has 0 atom stereocenters. The quantitative estimate of drug-likeness (QED) is 0.849. The fourth-order valence-electron chi connectivity index (χ4n) is 3.06. The molecule has 2 aromatic carbocycles. The first kappa shape index (κ1) is 17.5. The Morgan fingerprint density at radius 3 is 2.48 bits per heavy atom. The molecule has 0 saturated heterocycles. The van der Waals surface area contributed by atoms with Gasteiger partial charge in [-0.15, -0.1) is 0 Å². The summed E-state index contributed by atoms with van der Waals surface area (Å²) in [7, 11) is -2.43. The van der Waals surface area contributed by atoms with Crippen molar-refractivity contribution in [3.05, 3.63) is 58.7 Å². The highest BCUT2D eigenvalue weighted by Crippen LogP contribution is 2.26. The maximum absolute atomic E-state index is 12.8. The molecule has 0 aliphatic heterocycles. The largest absolute Gasteiger partial charge is 0.465 e. The van der Waals surface area contributed by atoms with Crippen LogP contribution in [-0.2, 0) is 27.6 Å². The van der Waals surface area contributed by atoms with E-state index in [0.29, 0.717) is 11.3 Å². The van der Waals surface area contributed by atoms with Gasteiger partial charge in [0.2, 0.25) is 0 Å². The molecule has 132 valence electrons. The summed E-state index contributed by atoms with van der Waals surface area (Å²) < 4.78 is 32.8. The molecule has 1 N–H and O–H groups in total. The average Bonchev–Trinajstić information content (AvgIpc) is 2.62. The van der Waals surface area contributed by atoms with Crippen molar-refractivity contribution in [3.63, 3.8) is 0 Å². The molecule has 0 radical (unpaired) electrons. The zero-order valence-corrected chi connectivity index (χ0v) is 15.2. The fraction of sp³-hybridized carbons (Fsp3) is 0.316. The molecule has 5 nitrogen and oxygen atoms in total. The number of nitrogens with one attached hydrogen (secondary N) is 1. The summed E-state index contributed by atoms with van der Waals surface area (Å²) in [6, 6.07) is 10.1. The predicted molar refractivity (Wildman–Crippen MR) is 96.4 cm³/mol. The normalized spacial score (nSPS) is 13.8. The van der Waals surface area contributed by atoms with Gasteiger partial charge in [-0.25, -0.2) is 13.2 Å². The second-order valence-corrected chi connectivity index (χ2v) is 7.95. The lowest BCUT2D eigenvalue weighted by Gasteiger charge is -2.17. The smallest absolute Gasteiger partial charge is 0.337 e.